The van der Waals surface area contributed by atoms with Gasteiger partial charge in [0, 0.05) is 24.4 Å². The molecule has 2 atom stereocenters. The Hall–Kier alpha value is -2.90. The van der Waals surface area contributed by atoms with Crippen LogP contribution >= 0.6 is 0 Å². The molecule has 2 aliphatic heterocycles. The minimum Gasteiger partial charge on any atom is -0.445 e. The molecular formula is C25H25F4NO3. The summed E-state index contributed by atoms with van der Waals surface area (Å²) in [6.07, 6.45) is -2.01. The molecule has 0 saturated carbocycles. The fourth-order valence-corrected chi connectivity index (χ4v) is 4.98. The monoisotopic (exact) mass is 463 g/mol. The van der Waals surface area contributed by atoms with Crippen molar-refractivity contribution in [1.29, 1.82) is 0 Å². The number of hydrogen-bond donors (Lipinski definition) is 0. The van der Waals surface area contributed by atoms with E-state index in [1.54, 1.807) is 4.90 Å². The van der Waals surface area contributed by atoms with Gasteiger partial charge in [0.2, 0.25) is 0 Å². The predicted molar refractivity (Wildman–Crippen MR) is 113 cm³/mol. The number of benzene rings is 2. The van der Waals surface area contributed by atoms with E-state index in [-0.39, 0.29) is 42.4 Å². The Balaban J connectivity index is 1.40. The Bertz CT molecular complexity index is 994. The number of fused-ring (bicyclic) bond motifs is 2. The molecule has 33 heavy (non-hydrogen) atoms. The van der Waals surface area contributed by atoms with Gasteiger partial charge >= 0.3 is 12.3 Å². The van der Waals surface area contributed by atoms with Crippen LogP contribution in [0.25, 0.3) is 0 Å². The van der Waals surface area contributed by atoms with Gasteiger partial charge in [-0.15, -0.1) is 0 Å². The molecule has 2 aromatic carbocycles. The van der Waals surface area contributed by atoms with Crippen molar-refractivity contribution >= 4 is 11.9 Å². The fraction of sp³-hybridized carbons (Fsp3) is 0.440. The van der Waals surface area contributed by atoms with Crippen LogP contribution in [0.2, 0.25) is 0 Å². The van der Waals surface area contributed by atoms with E-state index in [9.17, 15) is 27.2 Å². The van der Waals surface area contributed by atoms with Crippen LogP contribution in [0.4, 0.5) is 22.4 Å². The van der Waals surface area contributed by atoms with Gasteiger partial charge in [0.1, 0.15) is 18.2 Å². The van der Waals surface area contributed by atoms with E-state index in [0.717, 1.165) is 30.9 Å². The Morgan fingerprint density at radius 1 is 0.970 bits per heavy atom. The first kappa shape index (κ1) is 23.3. The zero-order valence-corrected chi connectivity index (χ0v) is 18.0. The maximum absolute atomic E-state index is 13.5. The van der Waals surface area contributed by atoms with E-state index in [1.807, 2.05) is 30.3 Å². The van der Waals surface area contributed by atoms with Gasteiger partial charge < -0.3 is 9.64 Å². The molecule has 4 nitrogen and oxygen atoms in total. The summed E-state index contributed by atoms with van der Waals surface area (Å²) in [5.41, 5.74) is -0.331. The fourth-order valence-electron chi connectivity index (χ4n) is 4.98. The molecule has 8 heteroatoms. The van der Waals surface area contributed by atoms with E-state index in [2.05, 4.69) is 0 Å². The van der Waals surface area contributed by atoms with E-state index in [4.69, 9.17) is 4.74 Å². The third-order valence-corrected chi connectivity index (χ3v) is 6.56. The molecule has 2 unspecified atom stereocenters. The van der Waals surface area contributed by atoms with Gasteiger partial charge in [0.15, 0.2) is 0 Å². The minimum atomic E-state index is -4.81. The quantitative estimate of drug-likeness (QED) is 0.517. The number of hydrogen-bond acceptors (Lipinski definition) is 3. The molecule has 2 aromatic rings. The predicted octanol–water partition coefficient (Wildman–Crippen LogP) is 5.93. The van der Waals surface area contributed by atoms with Crippen molar-refractivity contribution in [3.8, 4) is 0 Å². The topological polar surface area (TPSA) is 46.6 Å². The second-order valence-corrected chi connectivity index (χ2v) is 8.81. The number of Topliss-reactive ketones (excluding diaryl/α,β-unsaturated/α-hetero) is 1. The molecule has 2 heterocycles. The number of halogens is 4. The summed E-state index contributed by atoms with van der Waals surface area (Å²) in [5.74, 6) is -1.88. The number of piperidine rings is 2. The second kappa shape index (κ2) is 9.53. The molecule has 0 aromatic heterocycles. The number of carbonyl (C=O) groups excluding carboxylic acids is 2. The highest BCUT2D eigenvalue weighted by Crippen LogP contribution is 2.38. The van der Waals surface area contributed by atoms with Crippen molar-refractivity contribution in [2.24, 2.45) is 5.92 Å². The molecule has 0 radical (unpaired) electrons. The Morgan fingerprint density at radius 2 is 1.64 bits per heavy atom. The molecule has 0 aliphatic carbocycles. The number of carbonyl (C=O) groups is 2. The van der Waals surface area contributed by atoms with Gasteiger partial charge in [-0.1, -0.05) is 36.4 Å². The zero-order chi connectivity index (χ0) is 23.6. The molecule has 2 fully saturated rings. The molecule has 1 amide bonds. The van der Waals surface area contributed by atoms with Crippen molar-refractivity contribution in [3.05, 3.63) is 71.0 Å². The van der Waals surface area contributed by atoms with Crippen molar-refractivity contribution in [3.63, 3.8) is 0 Å². The summed E-state index contributed by atoms with van der Waals surface area (Å²) >= 11 is 0. The van der Waals surface area contributed by atoms with Crippen LogP contribution in [0.15, 0.2) is 48.5 Å². The lowest BCUT2D eigenvalue weighted by Crippen LogP contribution is -2.55. The molecule has 2 aliphatic rings. The molecule has 0 N–H and O–H groups in total. The lowest BCUT2D eigenvalue weighted by atomic mass is 9.76. The van der Waals surface area contributed by atoms with Gasteiger partial charge in [-0.25, -0.2) is 9.18 Å². The van der Waals surface area contributed by atoms with E-state index >= 15 is 0 Å². The lowest BCUT2D eigenvalue weighted by Gasteiger charge is -2.47. The highest BCUT2D eigenvalue weighted by atomic mass is 19.4. The average Bonchev–Trinajstić information content (AvgIpc) is 2.77. The molecule has 2 saturated heterocycles. The molecular weight excluding hydrogens is 438 g/mol. The van der Waals surface area contributed by atoms with Crippen molar-refractivity contribution < 1.29 is 31.9 Å². The van der Waals surface area contributed by atoms with Gasteiger partial charge in [-0.3, -0.25) is 4.79 Å². The van der Waals surface area contributed by atoms with Crippen molar-refractivity contribution in [2.75, 3.05) is 0 Å². The van der Waals surface area contributed by atoms with E-state index < -0.39 is 23.7 Å². The number of nitrogens with zero attached hydrogens (tertiary/aromatic N) is 1. The van der Waals surface area contributed by atoms with Crippen LogP contribution in [0.1, 0.15) is 48.8 Å². The van der Waals surface area contributed by atoms with Crippen LogP contribution in [0.5, 0.6) is 0 Å². The molecule has 2 bridgehead atoms. The third kappa shape index (κ3) is 5.37. The van der Waals surface area contributed by atoms with E-state index in [0.29, 0.717) is 18.9 Å². The normalized spacial score (nSPS) is 22.7. The summed E-state index contributed by atoms with van der Waals surface area (Å²) in [4.78, 5) is 27.5. The number of amides is 1. The summed E-state index contributed by atoms with van der Waals surface area (Å²) in [6.45, 7) is 0.171. The third-order valence-electron chi connectivity index (χ3n) is 6.56. The highest BCUT2D eigenvalue weighted by molar-refractivity contribution is 5.84. The van der Waals surface area contributed by atoms with Crippen LogP contribution in [0, 0.1) is 11.7 Å². The smallest absolute Gasteiger partial charge is 0.419 e. The first-order chi connectivity index (χ1) is 15.7. The molecule has 4 rings (SSSR count). The van der Waals surface area contributed by atoms with Crippen LogP contribution in [-0.4, -0.2) is 28.9 Å². The van der Waals surface area contributed by atoms with Gasteiger partial charge in [0.25, 0.3) is 0 Å². The Kier molecular flexibility index (Phi) is 6.72. The maximum Gasteiger partial charge on any atom is 0.419 e. The van der Waals surface area contributed by atoms with Crippen molar-refractivity contribution in [1.82, 2.24) is 4.90 Å². The summed E-state index contributed by atoms with van der Waals surface area (Å²) < 4.78 is 58.0. The van der Waals surface area contributed by atoms with Gasteiger partial charge in [-0.2, -0.15) is 13.2 Å². The largest absolute Gasteiger partial charge is 0.445 e. The summed E-state index contributed by atoms with van der Waals surface area (Å²) in [5, 5.41) is 0. The Labute approximate surface area is 189 Å². The van der Waals surface area contributed by atoms with Crippen LogP contribution in [-0.2, 0) is 28.7 Å². The molecule has 0 spiro atoms. The minimum absolute atomic E-state index is 0.131. The maximum atomic E-state index is 13.5. The molecule has 176 valence electrons. The number of ether oxygens (including phenoxy) is 1. The SMILES string of the molecule is O=C(Cc1ccc(F)c(C(F)(F)F)c1)C1CC2CCCC(C1)N2C(=O)OCc1ccccc1. The van der Waals surface area contributed by atoms with Crippen LogP contribution in [0.3, 0.4) is 0 Å². The van der Waals surface area contributed by atoms with Gasteiger partial charge in [0.05, 0.1) is 5.56 Å². The first-order valence-corrected chi connectivity index (χ1v) is 11.1. The van der Waals surface area contributed by atoms with E-state index in [1.165, 1.54) is 6.07 Å². The van der Waals surface area contributed by atoms with Gasteiger partial charge in [-0.05, 0) is 55.4 Å². The standard InChI is InChI=1S/C25H25F4NO3/c26-22-10-9-17(11-21(22)25(27,28)29)12-23(31)18-13-19-7-4-8-20(14-18)30(19)24(32)33-15-16-5-2-1-3-6-16/h1-3,5-6,9-11,18-20H,4,7-8,12-15H2. The number of alkyl halides is 3. The average molecular weight is 463 g/mol. The number of rotatable bonds is 5. The van der Waals surface area contributed by atoms with Crippen molar-refractivity contribution in [2.45, 2.75) is 63.4 Å². The zero-order valence-electron chi connectivity index (χ0n) is 18.0. The van der Waals surface area contributed by atoms with Crippen LogP contribution < -0.4 is 0 Å². The summed E-state index contributed by atoms with van der Waals surface area (Å²) in [6, 6.07) is 11.8. The number of ketones is 1. The lowest BCUT2D eigenvalue weighted by molar-refractivity contribution is -0.140. The highest BCUT2D eigenvalue weighted by Gasteiger charge is 2.43. The second-order valence-electron chi connectivity index (χ2n) is 8.81. The Morgan fingerprint density at radius 3 is 2.27 bits per heavy atom. The summed E-state index contributed by atoms with van der Waals surface area (Å²) in [7, 11) is 0. The first-order valence-electron chi connectivity index (χ1n) is 11.1.